The number of thioether (sulfide) groups is 1. The molecule has 0 aliphatic rings. The Kier molecular flexibility index (Phi) is 3.72. The van der Waals surface area contributed by atoms with Gasteiger partial charge in [0.1, 0.15) is 0 Å². The highest BCUT2D eigenvalue weighted by Gasteiger charge is 2.04. The van der Waals surface area contributed by atoms with Crippen LogP contribution in [0.5, 0.6) is 0 Å². The Balaban J connectivity index is 3.13. The number of anilines is 1. The average molecular weight is 203 g/mol. The van der Waals surface area contributed by atoms with Gasteiger partial charge in [0, 0.05) is 10.5 Å². The maximum atomic E-state index is 5.79. The van der Waals surface area contributed by atoms with Gasteiger partial charge in [-0.05, 0) is 18.4 Å². The molecule has 0 aliphatic heterocycles. The lowest BCUT2D eigenvalue weighted by molar-refractivity contribution is 1.22. The SMILES string of the molecule is CSc1cccc(NN)c1CCl. The van der Waals surface area contributed by atoms with Crippen LogP contribution in [-0.4, -0.2) is 6.26 Å². The second-order valence-corrected chi connectivity index (χ2v) is 3.38. The fourth-order valence-electron chi connectivity index (χ4n) is 1.03. The molecule has 0 saturated carbocycles. The van der Waals surface area contributed by atoms with Gasteiger partial charge in [-0.15, -0.1) is 23.4 Å². The van der Waals surface area contributed by atoms with Gasteiger partial charge in [-0.25, -0.2) is 0 Å². The molecule has 0 bridgehead atoms. The summed E-state index contributed by atoms with van der Waals surface area (Å²) < 4.78 is 0. The summed E-state index contributed by atoms with van der Waals surface area (Å²) in [6, 6.07) is 5.90. The molecule has 0 spiro atoms. The predicted octanol–water partition coefficient (Wildman–Crippen LogP) is 2.43. The Bertz CT molecular complexity index is 243. The Morgan fingerprint density at radius 1 is 1.58 bits per heavy atom. The van der Waals surface area contributed by atoms with E-state index in [9.17, 15) is 0 Å². The minimum Gasteiger partial charge on any atom is -0.324 e. The molecular formula is C8H11ClN2S. The van der Waals surface area contributed by atoms with Crippen LogP contribution in [0.4, 0.5) is 5.69 Å². The molecule has 3 N–H and O–H groups in total. The van der Waals surface area contributed by atoms with E-state index in [0.29, 0.717) is 5.88 Å². The van der Waals surface area contributed by atoms with Crippen molar-refractivity contribution < 1.29 is 0 Å². The van der Waals surface area contributed by atoms with E-state index in [4.69, 9.17) is 17.4 Å². The monoisotopic (exact) mass is 202 g/mol. The number of nitrogens with one attached hydrogen (secondary N) is 1. The molecule has 0 heterocycles. The van der Waals surface area contributed by atoms with Crippen LogP contribution in [-0.2, 0) is 5.88 Å². The lowest BCUT2D eigenvalue weighted by Gasteiger charge is -2.09. The highest BCUT2D eigenvalue weighted by Crippen LogP contribution is 2.27. The van der Waals surface area contributed by atoms with E-state index in [0.717, 1.165) is 11.3 Å². The Morgan fingerprint density at radius 2 is 2.33 bits per heavy atom. The first-order valence-electron chi connectivity index (χ1n) is 3.52. The van der Waals surface area contributed by atoms with Crippen LogP contribution in [0.25, 0.3) is 0 Å². The number of halogens is 1. The molecule has 1 aromatic carbocycles. The summed E-state index contributed by atoms with van der Waals surface area (Å²) in [5, 5.41) is 0. The number of benzene rings is 1. The topological polar surface area (TPSA) is 38.0 Å². The van der Waals surface area contributed by atoms with Crippen molar-refractivity contribution >= 4 is 29.1 Å². The largest absolute Gasteiger partial charge is 0.324 e. The molecule has 0 aromatic heterocycles. The number of hydrogen-bond acceptors (Lipinski definition) is 3. The van der Waals surface area contributed by atoms with Crippen LogP contribution in [0.3, 0.4) is 0 Å². The van der Waals surface area contributed by atoms with Gasteiger partial charge < -0.3 is 5.43 Å². The zero-order valence-electron chi connectivity index (χ0n) is 6.80. The van der Waals surface area contributed by atoms with Crippen LogP contribution in [0.1, 0.15) is 5.56 Å². The number of hydrazine groups is 1. The van der Waals surface area contributed by atoms with Crippen LogP contribution >= 0.6 is 23.4 Å². The highest BCUT2D eigenvalue weighted by molar-refractivity contribution is 7.98. The van der Waals surface area contributed by atoms with Gasteiger partial charge in [-0.3, -0.25) is 5.84 Å². The van der Waals surface area contributed by atoms with E-state index in [1.54, 1.807) is 11.8 Å². The van der Waals surface area contributed by atoms with Gasteiger partial charge in [0.25, 0.3) is 0 Å². The van der Waals surface area contributed by atoms with E-state index < -0.39 is 0 Å². The van der Waals surface area contributed by atoms with E-state index >= 15 is 0 Å². The van der Waals surface area contributed by atoms with Crippen molar-refractivity contribution in [2.75, 3.05) is 11.7 Å². The summed E-state index contributed by atoms with van der Waals surface area (Å²) in [6.45, 7) is 0. The Labute approximate surface area is 81.4 Å². The van der Waals surface area contributed by atoms with Gasteiger partial charge >= 0.3 is 0 Å². The van der Waals surface area contributed by atoms with Crippen molar-refractivity contribution in [3.8, 4) is 0 Å². The quantitative estimate of drug-likeness (QED) is 0.342. The maximum Gasteiger partial charge on any atom is 0.0540 e. The number of nitrogen functional groups attached to an aromatic ring is 1. The normalized spacial score (nSPS) is 9.92. The summed E-state index contributed by atoms with van der Waals surface area (Å²) in [5.41, 5.74) is 4.59. The molecule has 0 atom stereocenters. The molecule has 1 aromatic rings. The lowest BCUT2D eigenvalue weighted by Crippen LogP contribution is -2.09. The minimum atomic E-state index is 0.483. The summed E-state index contributed by atoms with van der Waals surface area (Å²) in [4.78, 5) is 1.17. The third-order valence-electron chi connectivity index (χ3n) is 1.64. The maximum absolute atomic E-state index is 5.79. The molecule has 0 fully saturated rings. The third-order valence-corrected chi connectivity index (χ3v) is 2.73. The molecule has 4 heteroatoms. The minimum absolute atomic E-state index is 0.483. The zero-order valence-corrected chi connectivity index (χ0v) is 8.38. The molecular weight excluding hydrogens is 192 g/mol. The van der Waals surface area contributed by atoms with Crippen LogP contribution in [0.2, 0.25) is 0 Å². The molecule has 0 aliphatic carbocycles. The van der Waals surface area contributed by atoms with Crippen LogP contribution in [0, 0.1) is 0 Å². The van der Waals surface area contributed by atoms with E-state index in [2.05, 4.69) is 5.43 Å². The summed E-state index contributed by atoms with van der Waals surface area (Å²) in [5.74, 6) is 5.81. The van der Waals surface area contributed by atoms with Crippen molar-refractivity contribution in [1.82, 2.24) is 0 Å². The Morgan fingerprint density at radius 3 is 2.83 bits per heavy atom. The first kappa shape index (κ1) is 9.71. The second-order valence-electron chi connectivity index (χ2n) is 2.26. The first-order chi connectivity index (χ1) is 5.83. The fraction of sp³-hybridized carbons (Fsp3) is 0.250. The van der Waals surface area contributed by atoms with Gasteiger partial charge in [-0.2, -0.15) is 0 Å². The molecule has 0 saturated heterocycles. The molecule has 0 unspecified atom stereocenters. The molecule has 1 rings (SSSR count). The van der Waals surface area contributed by atoms with Crippen molar-refractivity contribution in [1.29, 1.82) is 0 Å². The number of nitrogens with two attached hydrogens (primary N) is 1. The summed E-state index contributed by atoms with van der Waals surface area (Å²) in [7, 11) is 0. The van der Waals surface area contributed by atoms with Crippen molar-refractivity contribution in [2.24, 2.45) is 5.84 Å². The molecule has 2 nitrogen and oxygen atoms in total. The number of hydrogen-bond donors (Lipinski definition) is 2. The van der Waals surface area contributed by atoms with Crippen molar-refractivity contribution in [3.05, 3.63) is 23.8 Å². The third kappa shape index (κ3) is 1.86. The number of alkyl halides is 1. The molecule has 0 radical (unpaired) electrons. The predicted molar refractivity (Wildman–Crippen MR) is 55.6 cm³/mol. The van der Waals surface area contributed by atoms with E-state index in [-0.39, 0.29) is 0 Å². The molecule has 0 amide bonds. The average Bonchev–Trinajstić information content (AvgIpc) is 2.16. The van der Waals surface area contributed by atoms with Crippen LogP contribution < -0.4 is 11.3 Å². The van der Waals surface area contributed by atoms with Gasteiger partial charge in [0.15, 0.2) is 0 Å². The van der Waals surface area contributed by atoms with E-state index in [1.807, 2.05) is 24.5 Å². The fourth-order valence-corrected chi connectivity index (χ4v) is 2.04. The zero-order chi connectivity index (χ0) is 8.97. The van der Waals surface area contributed by atoms with Gasteiger partial charge in [0.2, 0.25) is 0 Å². The smallest absolute Gasteiger partial charge is 0.0540 e. The van der Waals surface area contributed by atoms with Crippen molar-refractivity contribution in [2.45, 2.75) is 10.8 Å². The van der Waals surface area contributed by atoms with Gasteiger partial charge in [0.05, 0.1) is 11.6 Å². The highest BCUT2D eigenvalue weighted by atomic mass is 35.5. The Hall–Kier alpha value is -0.380. The summed E-state index contributed by atoms with van der Waals surface area (Å²) in [6.07, 6.45) is 2.02. The lowest BCUT2D eigenvalue weighted by atomic mass is 10.2. The molecule has 66 valence electrons. The second kappa shape index (κ2) is 4.60. The van der Waals surface area contributed by atoms with E-state index in [1.165, 1.54) is 4.90 Å². The standard InChI is InChI=1S/C8H11ClN2S/c1-12-8-4-2-3-7(11-10)6(8)5-9/h2-4,11H,5,10H2,1H3. The molecule has 12 heavy (non-hydrogen) atoms. The van der Waals surface area contributed by atoms with Crippen LogP contribution in [0.15, 0.2) is 23.1 Å². The summed E-state index contributed by atoms with van der Waals surface area (Å²) >= 11 is 7.46. The number of rotatable bonds is 3. The van der Waals surface area contributed by atoms with Gasteiger partial charge in [-0.1, -0.05) is 6.07 Å². The van der Waals surface area contributed by atoms with Crippen molar-refractivity contribution in [3.63, 3.8) is 0 Å². The first-order valence-corrected chi connectivity index (χ1v) is 5.28.